The second-order valence-corrected chi connectivity index (χ2v) is 7.91. The first-order chi connectivity index (χ1) is 15.7. The normalized spacial score (nSPS) is 14.0. The molecule has 0 atom stereocenters. The number of amides is 3. The highest BCUT2D eigenvalue weighted by Crippen LogP contribution is 2.30. The predicted molar refractivity (Wildman–Crippen MR) is 115 cm³/mol. The van der Waals surface area contributed by atoms with Gasteiger partial charge in [0.1, 0.15) is 12.4 Å². The number of nitrogens with one attached hydrogen (secondary N) is 2. The van der Waals surface area contributed by atoms with Crippen molar-refractivity contribution in [1.29, 1.82) is 0 Å². The third kappa shape index (κ3) is 5.27. The summed E-state index contributed by atoms with van der Waals surface area (Å²) in [6.07, 6.45) is -0.796. The van der Waals surface area contributed by atoms with Gasteiger partial charge in [-0.15, -0.1) is 0 Å². The fraction of sp³-hybridized carbons (Fsp3) is 0.304. The Morgan fingerprint density at radius 3 is 2.36 bits per heavy atom. The van der Waals surface area contributed by atoms with E-state index in [1.54, 1.807) is 21.7 Å². The van der Waals surface area contributed by atoms with E-state index in [0.29, 0.717) is 16.5 Å². The first-order valence-corrected chi connectivity index (χ1v) is 10.5. The lowest BCUT2D eigenvalue weighted by Crippen LogP contribution is -2.30. The zero-order valence-electron chi connectivity index (χ0n) is 17.6. The molecule has 3 amide bonds. The predicted octanol–water partition coefficient (Wildman–Crippen LogP) is 4.74. The first kappa shape index (κ1) is 22.6. The average molecular weight is 462 g/mol. The molecule has 3 aromatic rings. The van der Waals surface area contributed by atoms with E-state index in [4.69, 9.17) is 0 Å². The quantitative estimate of drug-likeness (QED) is 0.538. The summed E-state index contributed by atoms with van der Waals surface area (Å²) in [6.45, 7) is 1.60. The lowest BCUT2D eigenvalue weighted by Gasteiger charge is -2.16. The molecule has 2 aromatic carbocycles. The minimum Gasteiger partial charge on any atom is -0.341 e. The van der Waals surface area contributed by atoms with Crippen molar-refractivity contribution in [2.45, 2.75) is 32.1 Å². The number of alkyl halides is 3. The number of anilines is 1. The van der Waals surface area contributed by atoms with E-state index in [2.05, 4.69) is 10.6 Å². The first-order valence-electron chi connectivity index (χ1n) is 10.5. The van der Waals surface area contributed by atoms with Crippen LogP contribution in [0.1, 0.15) is 24.0 Å². The monoisotopic (exact) mass is 462 g/mol. The van der Waals surface area contributed by atoms with Crippen LogP contribution in [0, 0.1) is 5.82 Å². The van der Waals surface area contributed by atoms with Crippen molar-refractivity contribution >= 4 is 28.5 Å². The van der Waals surface area contributed by atoms with Gasteiger partial charge in [0, 0.05) is 42.4 Å². The van der Waals surface area contributed by atoms with Crippen LogP contribution < -0.4 is 10.6 Å². The molecule has 0 bridgehead atoms. The highest BCUT2D eigenvalue weighted by molar-refractivity contribution is 5.90. The maximum absolute atomic E-state index is 13.9. The molecule has 1 fully saturated rings. The fourth-order valence-electron chi connectivity index (χ4n) is 3.92. The molecule has 33 heavy (non-hydrogen) atoms. The van der Waals surface area contributed by atoms with E-state index in [-0.39, 0.29) is 24.7 Å². The van der Waals surface area contributed by atoms with Gasteiger partial charge in [-0.25, -0.2) is 9.18 Å². The molecule has 0 radical (unpaired) electrons. The molecule has 2 heterocycles. The SMILES string of the molecule is O=C(NCc1cn(CC(=O)N2CCCC2)c2ccc(F)cc12)Nc1ccc(C(F)(F)F)cc1. The van der Waals surface area contributed by atoms with Crippen molar-refractivity contribution in [2.75, 3.05) is 18.4 Å². The summed E-state index contributed by atoms with van der Waals surface area (Å²) in [5.74, 6) is -0.463. The Bertz CT molecular complexity index is 1170. The van der Waals surface area contributed by atoms with Gasteiger partial charge < -0.3 is 20.1 Å². The van der Waals surface area contributed by atoms with Crippen molar-refractivity contribution < 1.29 is 27.2 Å². The molecule has 0 saturated carbocycles. The molecular formula is C23H22F4N4O2. The van der Waals surface area contributed by atoms with E-state index in [9.17, 15) is 27.2 Å². The number of hydrogen-bond donors (Lipinski definition) is 2. The van der Waals surface area contributed by atoms with Crippen LogP contribution in [0.4, 0.5) is 28.0 Å². The summed E-state index contributed by atoms with van der Waals surface area (Å²) in [7, 11) is 0. The standard InChI is InChI=1S/C23H22F4N4O2/c24-17-5-8-20-19(11-17)15(13-31(20)14-21(32)30-9-1-2-10-30)12-28-22(33)29-18-6-3-16(4-7-18)23(25,26)27/h3-8,11,13H,1-2,9-10,12,14H2,(H2,28,29,33). The van der Waals surface area contributed by atoms with Crippen LogP contribution in [0.2, 0.25) is 0 Å². The Kier molecular flexibility index (Phi) is 6.26. The van der Waals surface area contributed by atoms with Gasteiger partial charge in [-0.2, -0.15) is 13.2 Å². The molecular weight excluding hydrogens is 440 g/mol. The van der Waals surface area contributed by atoms with Gasteiger partial charge >= 0.3 is 12.2 Å². The number of urea groups is 1. The molecule has 174 valence electrons. The Hall–Kier alpha value is -3.56. The maximum Gasteiger partial charge on any atom is 0.416 e. The van der Waals surface area contributed by atoms with Gasteiger partial charge in [-0.3, -0.25) is 4.79 Å². The van der Waals surface area contributed by atoms with Crippen LogP contribution in [-0.2, 0) is 24.1 Å². The largest absolute Gasteiger partial charge is 0.416 e. The molecule has 10 heteroatoms. The van der Waals surface area contributed by atoms with Gasteiger partial charge in [0.05, 0.1) is 5.56 Å². The minimum atomic E-state index is -4.46. The van der Waals surface area contributed by atoms with Crippen LogP contribution in [0.25, 0.3) is 10.9 Å². The number of carbonyl (C=O) groups is 2. The molecule has 0 unspecified atom stereocenters. The zero-order chi connectivity index (χ0) is 23.6. The summed E-state index contributed by atoms with van der Waals surface area (Å²) in [5.41, 5.74) is 0.669. The number of fused-ring (bicyclic) bond motifs is 1. The third-order valence-electron chi connectivity index (χ3n) is 5.60. The van der Waals surface area contributed by atoms with Gasteiger partial charge in [0.2, 0.25) is 5.91 Å². The number of benzene rings is 2. The maximum atomic E-state index is 13.9. The van der Waals surface area contributed by atoms with Crippen molar-refractivity contribution in [3.05, 3.63) is 65.6 Å². The zero-order valence-corrected chi connectivity index (χ0v) is 17.6. The van der Waals surface area contributed by atoms with Crippen molar-refractivity contribution in [3.63, 3.8) is 0 Å². The highest BCUT2D eigenvalue weighted by Gasteiger charge is 2.30. The second kappa shape index (κ2) is 9.13. The number of rotatable bonds is 5. The molecule has 1 aliphatic heterocycles. The third-order valence-corrected chi connectivity index (χ3v) is 5.60. The summed E-state index contributed by atoms with van der Waals surface area (Å²) >= 11 is 0. The topological polar surface area (TPSA) is 66.4 Å². The lowest BCUT2D eigenvalue weighted by atomic mass is 10.1. The number of hydrogen-bond acceptors (Lipinski definition) is 2. The van der Waals surface area contributed by atoms with Crippen LogP contribution in [0.15, 0.2) is 48.7 Å². The van der Waals surface area contributed by atoms with E-state index >= 15 is 0 Å². The van der Waals surface area contributed by atoms with Gasteiger partial charge in [-0.05, 0) is 60.9 Å². The molecule has 1 aliphatic rings. The molecule has 0 spiro atoms. The smallest absolute Gasteiger partial charge is 0.341 e. The summed E-state index contributed by atoms with van der Waals surface area (Å²) in [6, 6.07) is 7.70. The summed E-state index contributed by atoms with van der Waals surface area (Å²) in [4.78, 5) is 26.6. The molecule has 1 saturated heterocycles. The van der Waals surface area contributed by atoms with Crippen molar-refractivity contribution in [1.82, 2.24) is 14.8 Å². The number of aromatic nitrogens is 1. The summed E-state index contributed by atoms with van der Waals surface area (Å²) < 4.78 is 53.6. The van der Waals surface area contributed by atoms with Gasteiger partial charge in [0.25, 0.3) is 0 Å². The number of likely N-dealkylation sites (tertiary alicyclic amines) is 1. The van der Waals surface area contributed by atoms with Crippen LogP contribution >= 0.6 is 0 Å². The van der Waals surface area contributed by atoms with E-state index in [1.807, 2.05) is 0 Å². The molecule has 4 rings (SSSR count). The van der Waals surface area contributed by atoms with Crippen molar-refractivity contribution in [2.24, 2.45) is 0 Å². The minimum absolute atomic E-state index is 0.0201. The lowest BCUT2D eigenvalue weighted by molar-refractivity contribution is -0.137. The Labute approximate surface area is 187 Å². The Morgan fingerprint density at radius 1 is 1.00 bits per heavy atom. The average Bonchev–Trinajstić information content (AvgIpc) is 3.41. The van der Waals surface area contributed by atoms with Crippen LogP contribution in [0.3, 0.4) is 0 Å². The Morgan fingerprint density at radius 2 is 1.70 bits per heavy atom. The van der Waals surface area contributed by atoms with Gasteiger partial charge in [-0.1, -0.05) is 0 Å². The van der Waals surface area contributed by atoms with E-state index < -0.39 is 23.6 Å². The number of carbonyl (C=O) groups excluding carboxylic acids is 2. The number of halogens is 4. The molecule has 0 aliphatic carbocycles. The second-order valence-electron chi connectivity index (χ2n) is 7.91. The molecule has 1 aromatic heterocycles. The highest BCUT2D eigenvalue weighted by atomic mass is 19.4. The van der Waals surface area contributed by atoms with E-state index in [0.717, 1.165) is 50.2 Å². The van der Waals surface area contributed by atoms with Crippen molar-refractivity contribution in [3.8, 4) is 0 Å². The van der Waals surface area contributed by atoms with E-state index in [1.165, 1.54) is 12.1 Å². The molecule has 2 N–H and O–H groups in total. The number of nitrogens with zero attached hydrogens (tertiary/aromatic N) is 2. The van der Waals surface area contributed by atoms with Gasteiger partial charge in [0.15, 0.2) is 0 Å². The van der Waals surface area contributed by atoms with Crippen LogP contribution in [-0.4, -0.2) is 34.5 Å². The molecule has 6 nitrogen and oxygen atoms in total. The summed E-state index contributed by atoms with van der Waals surface area (Å²) in [5, 5.41) is 5.66. The Balaban J connectivity index is 1.45. The van der Waals surface area contributed by atoms with Crippen LogP contribution in [0.5, 0.6) is 0 Å². The fourth-order valence-corrected chi connectivity index (χ4v) is 3.92.